The quantitative estimate of drug-likeness (QED) is 0.323. The molecule has 5 rings (SSSR count). The highest BCUT2D eigenvalue weighted by Crippen LogP contribution is 2.41. The van der Waals surface area contributed by atoms with E-state index in [9.17, 15) is 19.5 Å². The number of benzene rings is 1. The molecule has 1 atom stereocenters. The summed E-state index contributed by atoms with van der Waals surface area (Å²) in [7, 11) is -2.08. The third-order valence-electron chi connectivity index (χ3n) is 7.56. The van der Waals surface area contributed by atoms with E-state index < -0.39 is 13.9 Å². The first-order chi connectivity index (χ1) is 16.1. The number of aliphatic hydroxyl groups is 1. The number of nitrogens with zero attached hydrogens (tertiary/aromatic N) is 2. The molecular formula is C27H32N2O4Si. The lowest BCUT2D eigenvalue weighted by Gasteiger charge is -2.32. The van der Waals surface area contributed by atoms with E-state index in [-0.39, 0.29) is 24.2 Å². The first-order valence-corrected chi connectivity index (χ1v) is 15.5. The summed E-state index contributed by atoms with van der Waals surface area (Å²) >= 11 is 0. The molecule has 1 aliphatic carbocycles. The Hall–Kier alpha value is -2.61. The zero-order valence-corrected chi connectivity index (χ0v) is 21.1. The number of aryl methyl sites for hydroxylation is 1. The van der Waals surface area contributed by atoms with Crippen LogP contribution in [0.1, 0.15) is 54.9 Å². The molecule has 3 heterocycles. The second-order valence-corrected chi connectivity index (χ2v) is 14.5. The van der Waals surface area contributed by atoms with Crippen molar-refractivity contribution in [2.75, 3.05) is 0 Å². The molecule has 34 heavy (non-hydrogen) atoms. The van der Waals surface area contributed by atoms with Crippen molar-refractivity contribution in [3.63, 3.8) is 0 Å². The first-order valence-electron chi connectivity index (χ1n) is 12.3. The van der Waals surface area contributed by atoms with Gasteiger partial charge in [-0.3, -0.25) is 9.59 Å². The number of aromatic nitrogens is 2. The maximum absolute atomic E-state index is 13.5. The van der Waals surface area contributed by atoms with Gasteiger partial charge in [-0.15, -0.1) is 0 Å². The van der Waals surface area contributed by atoms with Crippen molar-refractivity contribution in [2.45, 2.75) is 76.7 Å². The normalized spacial score (nSPS) is 19.3. The molecule has 0 saturated carbocycles. The number of Topliss-reactive ketones (excluding diaryl/α,β-unsaturated/α-hetero) is 1. The fraction of sp³-hybridized carbons (Fsp3) is 0.444. The van der Waals surface area contributed by atoms with Crippen LogP contribution in [0.5, 0.6) is 0 Å². The SMILES string of the molecule is CC[C@@]1(O)C(=O)CCc2c1cc1n(c2=O)Cc2c-1nc1ccccc1c2CCCC[Si](C)(C)O. The lowest BCUT2D eigenvalue weighted by atomic mass is 9.77. The predicted octanol–water partition coefficient (Wildman–Crippen LogP) is 4.06. The van der Waals surface area contributed by atoms with Crippen molar-refractivity contribution < 1.29 is 14.7 Å². The molecule has 0 bridgehead atoms. The molecule has 6 nitrogen and oxygen atoms in total. The summed E-state index contributed by atoms with van der Waals surface area (Å²) in [5.74, 6) is -0.215. The molecule has 2 aromatic heterocycles. The Morgan fingerprint density at radius 3 is 2.62 bits per heavy atom. The number of para-hydroxylation sites is 1. The Kier molecular flexibility index (Phi) is 5.62. The zero-order chi connectivity index (χ0) is 24.3. The summed E-state index contributed by atoms with van der Waals surface area (Å²) in [6.45, 7) is 6.19. The number of ketones is 1. The van der Waals surface area contributed by atoms with Gasteiger partial charge in [0, 0.05) is 28.5 Å². The van der Waals surface area contributed by atoms with Crippen molar-refractivity contribution in [1.29, 1.82) is 0 Å². The minimum Gasteiger partial charge on any atom is -0.432 e. The zero-order valence-electron chi connectivity index (χ0n) is 20.1. The largest absolute Gasteiger partial charge is 0.432 e. The van der Waals surface area contributed by atoms with E-state index in [4.69, 9.17) is 4.98 Å². The summed E-state index contributed by atoms with van der Waals surface area (Å²) in [5, 5.41) is 12.3. The maximum Gasteiger partial charge on any atom is 0.254 e. The van der Waals surface area contributed by atoms with E-state index >= 15 is 0 Å². The lowest BCUT2D eigenvalue weighted by molar-refractivity contribution is -0.140. The molecule has 0 spiro atoms. The fourth-order valence-corrected chi connectivity index (χ4v) is 6.76. The van der Waals surface area contributed by atoms with Crippen molar-refractivity contribution in [2.24, 2.45) is 0 Å². The summed E-state index contributed by atoms with van der Waals surface area (Å²) in [5.41, 5.74) is 3.92. The predicted molar refractivity (Wildman–Crippen MR) is 136 cm³/mol. The Balaban J connectivity index is 1.64. The van der Waals surface area contributed by atoms with Crippen LogP contribution >= 0.6 is 0 Å². The van der Waals surface area contributed by atoms with E-state index in [0.717, 1.165) is 47.5 Å². The van der Waals surface area contributed by atoms with Crippen molar-refractivity contribution in [3.05, 3.63) is 62.9 Å². The van der Waals surface area contributed by atoms with Crippen molar-refractivity contribution in [3.8, 4) is 11.4 Å². The molecule has 178 valence electrons. The van der Waals surface area contributed by atoms with E-state index in [1.165, 1.54) is 5.56 Å². The molecule has 0 saturated heterocycles. The van der Waals surface area contributed by atoms with Crippen LogP contribution in [0.4, 0.5) is 0 Å². The molecule has 0 radical (unpaired) electrons. The van der Waals surface area contributed by atoms with Crippen LogP contribution in [-0.2, 0) is 29.8 Å². The van der Waals surface area contributed by atoms with E-state index in [2.05, 4.69) is 6.07 Å². The summed E-state index contributed by atoms with van der Waals surface area (Å²) in [4.78, 5) is 41.3. The number of hydrogen-bond donors (Lipinski definition) is 2. The van der Waals surface area contributed by atoms with Crippen LogP contribution in [0.15, 0.2) is 35.1 Å². The Morgan fingerprint density at radius 2 is 1.88 bits per heavy atom. The number of hydrogen-bond acceptors (Lipinski definition) is 5. The van der Waals surface area contributed by atoms with Gasteiger partial charge in [0.05, 0.1) is 23.4 Å². The number of unbranched alkanes of at least 4 members (excludes halogenated alkanes) is 1. The van der Waals surface area contributed by atoms with E-state index in [1.807, 2.05) is 37.4 Å². The van der Waals surface area contributed by atoms with Gasteiger partial charge in [0.2, 0.25) is 0 Å². The lowest BCUT2D eigenvalue weighted by Crippen LogP contribution is -2.43. The standard InChI is InChI=1S/C27H32N2O4Si/c1-4-27(32)21-15-23-25-20(16-29(23)26(31)19(21)12-13-24(27)30)17(9-7-8-14-34(2,3)33)18-10-5-6-11-22(18)28-25/h5-6,10-11,15,32-33H,4,7-9,12-14,16H2,1-3H3/t27-/m0/s1. The number of fused-ring (bicyclic) bond motifs is 5. The van der Waals surface area contributed by atoms with Gasteiger partial charge < -0.3 is 14.5 Å². The minimum atomic E-state index is -2.08. The van der Waals surface area contributed by atoms with Crippen LogP contribution < -0.4 is 5.56 Å². The van der Waals surface area contributed by atoms with Crippen molar-refractivity contribution >= 4 is 25.0 Å². The topological polar surface area (TPSA) is 92.4 Å². The first kappa shape index (κ1) is 23.1. The smallest absolute Gasteiger partial charge is 0.254 e. The highest BCUT2D eigenvalue weighted by atomic mass is 28.4. The number of rotatable bonds is 6. The maximum atomic E-state index is 13.5. The molecule has 0 unspecified atom stereocenters. The average Bonchev–Trinajstić information content (AvgIpc) is 3.17. The van der Waals surface area contributed by atoms with Gasteiger partial charge in [-0.1, -0.05) is 31.5 Å². The molecule has 2 aliphatic rings. The molecular weight excluding hydrogens is 444 g/mol. The summed E-state index contributed by atoms with van der Waals surface area (Å²) in [6, 6.07) is 10.8. The van der Waals surface area contributed by atoms with Crippen LogP contribution in [0, 0.1) is 0 Å². The monoisotopic (exact) mass is 476 g/mol. The molecule has 7 heteroatoms. The Morgan fingerprint density at radius 1 is 1.12 bits per heavy atom. The van der Waals surface area contributed by atoms with Gasteiger partial charge in [-0.05, 0) is 62.5 Å². The Bertz CT molecular complexity index is 1370. The van der Waals surface area contributed by atoms with Crippen LogP contribution in [0.25, 0.3) is 22.3 Å². The molecule has 1 aromatic carbocycles. The third-order valence-corrected chi connectivity index (χ3v) is 9.13. The van der Waals surface area contributed by atoms with Gasteiger partial charge in [-0.25, -0.2) is 4.98 Å². The molecule has 0 amide bonds. The van der Waals surface area contributed by atoms with Gasteiger partial charge in [0.25, 0.3) is 5.56 Å². The Labute approximate surface area is 200 Å². The number of carbonyl (C=O) groups excluding carboxylic acids is 1. The third kappa shape index (κ3) is 3.66. The van der Waals surface area contributed by atoms with Gasteiger partial charge in [0.15, 0.2) is 14.1 Å². The highest BCUT2D eigenvalue weighted by Gasteiger charge is 2.43. The summed E-state index contributed by atoms with van der Waals surface area (Å²) in [6.07, 6.45) is 3.59. The van der Waals surface area contributed by atoms with Gasteiger partial charge >= 0.3 is 0 Å². The van der Waals surface area contributed by atoms with Crippen LogP contribution in [0.3, 0.4) is 0 Å². The van der Waals surface area contributed by atoms with Gasteiger partial charge in [0.1, 0.15) is 5.60 Å². The molecule has 2 N–H and O–H groups in total. The number of pyridine rings is 2. The average molecular weight is 477 g/mol. The fourth-order valence-electron chi connectivity index (χ4n) is 5.64. The highest BCUT2D eigenvalue weighted by molar-refractivity contribution is 6.69. The minimum absolute atomic E-state index is 0.118. The molecule has 0 fully saturated rings. The second kappa shape index (κ2) is 8.25. The van der Waals surface area contributed by atoms with Gasteiger partial charge in [-0.2, -0.15) is 0 Å². The molecule has 1 aliphatic heterocycles. The van der Waals surface area contributed by atoms with E-state index in [0.29, 0.717) is 29.8 Å². The second-order valence-electron chi connectivity index (χ2n) is 10.4. The molecule has 3 aromatic rings. The van der Waals surface area contributed by atoms with Crippen LogP contribution in [-0.4, -0.2) is 33.6 Å². The van der Waals surface area contributed by atoms with Crippen molar-refractivity contribution in [1.82, 2.24) is 9.55 Å². The van der Waals surface area contributed by atoms with Crippen LogP contribution in [0.2, 0.25) is 19.1 Å². The van der Waals surface area contributed by atoms with E-state index in [1.54, 1.807) is 11.5 Å². The summed E-state index contributed by atoms with van der Waals surface area (Å²) < 4.78 is 1.77. The number of carbonyl (C=O) groups is 1.